The van der Waals surface area contributed by atoms with Crippen molar-refractivity contribution in [2.24, 2.45) is 0 Å². The molecule has 5 nitrogen and oxygen atoms in total. The summed E-state index contributed by atoms with van der Waals surface area (Å²) >= 11 is 6.32. The number of methoxy groups -OCH3 is 2. The highest BCUT2D eigenvalue weighted by molar-refractivity contribution is 6.33. The van der Waals surface area contributed by atoms with E-state index in [1.807, 2.05) is 0 Å². The molecular formula is C20H13ClF3N3O2. The lowest BCUT2D eigenvalue weighted by Gasteiger charge is -2.17. The van der Waals surface area contributed by atoms with Crippen LogP contribution >= 0.6 is 11.6 Å². The Bertz CT molecular complexity index is 1220. The minimum atomic E-state index is -1.10. The Morgan fingerprint density at radius 1 is 0.931 bits per heavy atom. The maximum Gasteiger partial charge on any atom is 0.235 e. The normalized spacial score (nSPS) is 11.1. The van der Waals surface area contributed by atoms with E-state index < -0.39 is 23.0 Å². The molecule has 0 saturated carbocycles. The average molecular weight is 420 g/mol. The highest BCUT2D eigenvalue weighted by Crippen LogP contribution is 2.42. The summed E-state index contributed by atoms with van der Waals surface area (Å²) in [6, 6.07) is 6.13. The number of rotatable bonds is 4. The first-order valence-electron chi connectivity index (χ1n) is 8.34. The molecule has 0 aliphatic rings. The second-order valence-corrected chi connectivity index (χ2v) is 6.40. The zero-order valence-corrected chi connectivity index (χ0v) is 16.0. The van der Waals surface area contributed by atoms with Gasteiger partial charge in [-0.3, -0.25) is 4.40 Å². The van der Waals surface area contributed by atoms with Gasteiger partial charge in [0.1, 0.15) is 22.6 Å². The average Bonchev–Trinajstić information content (AvgIpc) is 3.14. The molecular weight excluding hydrogens is 407 g/mol. The summed E-state index contributed by atoms with van der Waals surface area (Å²) in [5.41, 5.74) is 0.277. The summed E-state index contributed by atoms with van der Waals surface area (Å²) in [5.74, 6) is -2.15. The van der Waals surface area contributed by atoms with Crippen molar-refractivity contribution in [2.75, 3.05) is 14.2 Å². The van der Waals surface area contributed by atoms with Gasteiger partial charge in [0, 0.05) is 35.7 Å². The topological polar surface area (TPSA) is 48.7 Å². The minimum absolute atomic E-state index is 0.0422. The Hall–Kier alpha value is -3.26. The Labute approximate surface area is 168 Å². The maximum atomic E-state index is 14.6. The Balaban J connectivity index is 2.12. The van der Waals surface area contributed by atoms with Gasteiger partial charge in [0.15, 0.2) is 11.5 Å². The molecule has 0 spiro atoms. The van der Waals surface area contributed by atoms with Gasteiger partial charge < -0.3 is 9.47 Å². The van der Waals surface area contributed by atoms with E-state index in [1.165, 1.54) is 24.8 Å². The first-order chi connectivity index (χ1) is 13.9. The predicted octanol–water partition coefficient (Wildman–Crippen LogP) is 5.15. The molecule has 2 aromatic heterocycles. The molecule has 0 N–H and O–H groups in total. The number of imidazole rings is 1. The molecule has 0 bridgehead atoms. The molecule has 0 unspecified atom stereocenters. The Morgan fingerprint density at radius 3 is 2.28 bits per heavy atom. The first kappa shape index (κ1) is 19.1. The van der Waals surface area contributed by atoms with Crippen LogP contribution in [0.5, 0.6) is 11.5 Å². The first-order valence-corrected chi connectivity index (χ1v) is 8.72. The van der Waals surface area contributed by atoms with Crippen LogP contribution in [0.25, 0.3) is 28.2 Å². The van der Waals surface area contributed by atoms with E-state index in [0.717, 1.165) is 0 Å². The molecule has 4 aromatic rings. The SMILES string of the molecule is COc1ccc(-c2c(-c3c(F)cc(F)cc3F)c(Cl)nc3nccn23)cc1OC. The molecule has 0 aliphatic carbocycles. The van der Waals surface area contributed by atoms with Crippen LogP contribution in [0, 0.1) is 17.5 Å². The van der Waals surface area contributed by atoms with Gasteiger partial charge in [0.05, 0.1) is 25.5 Å². The molecule has 148 valence electrons. The van der Waals surface area contributed by atoms with Crippen molar-refractivity contribution in [3.05, 3.63) is 65.3 Å². The van der Waals surface area contributed by atoms with Gasteiger partial charge in [-0.15, -0.1) is 0 Å². The number of fused-ring (bicyclic) bond motifs is 1. The fourth-order valence-corrected chi connectivity index (χ4v) is 3.44. The van der Waals surface area contributed by atoms with Crippen LogP contribution in [0.3, 0.4) is 0 Å². The molecule has 0 aliphatic heterocycles. The van der Waals surface area contributed by atoms with Crippen LogP contribution in [0.1, 0.15) is 0 Å². The van der Waals surface area contributed by atoms with Crippen LogP contribution < -0.4 is 9.47 Å². The summed E-state index contributed by atoms with van der Waals surface area (Å²) in [6.45, 7) is 0. The number of hydrogen-bond donors (Lipinski definition) is 0. The number of nitrogens with zero attached hydrogens (tertiary/aromatic N) is 3. The van der Waals surface area contributed by atoms with Crippen LogP contribution in [-0.2, 0) is 0 Å². The van der Waals surface area contributed by atoms with E-state index in [0.29, 0.717) is 34.9 Å². The number of benzene rings is 2. The molecule has 0 radical (unpaired) electrons. The van der Waals surface area contributed by atoms with Gasteiger partial charge >= 0.3 is 0 Å². The number of hydrogen-bond acceptors (Lipinski definition) is 4. The molecule has 2 heterocycles. The zero-order chi connectivity index (χ0) is 20.7. The third-order valence-electron chi connectivity index (χ3n) is 4.42. The second-order valence-electron chi connectivity index (χ2n) is 6.04. The summed E-state index contributed by atoms with van der Waals surface area (Å²) in [6.07, 6.45) is 3.05. The monoisotopic (exact) mass is 419 g/mol. The molecule has 2 aromatic carbocycles. The molecule has 4 rings (SSSR count). The summed E-state index contributed by atoms with van der Waals surface area (Å²) in [4.78, 5) is 8.21. The highest BCUT2D eigenvalue weighted by atomic mass is 35.5. The highest BCUT2D eigenvalue weighted by Gasteiger charge is 2.25. The zero-order valence-electron chi connectivity index (χ0n) is 15.2. The van der Waals surface area contributed by atoms with Gasteiger partial charge in [-0.05, 0) is 18.2 Å². The summed E-state index contributed by atoms with van der Waals surface area (Å²) in [5, 5.41) is -0.183. The number of ether oxygens (including phenoxy) is 2. The van der Waals surface area contributed by atoms with Gasteiger partial charge in [-0.2, -0.15) is 4.98 Å². The molecule has 0 atom stereocenters. The second kappa shape index (κ2) is 7.29. The van der Waals surface area contributed by atoms with Crippen molar-refractivity contribution in [1.82, 2.24) is 14.4 Å². The van der Waals surface area contributed by atoms with Crippen molar-refractivity contribution >= 4 is 17.4 Å². The maximum absolute atomic E-state index is 14.6. The minimum Gasteiger partial charge on any atom is -0.493 e. The fraction of sp³-hybridized carbons (Fsp3) is 0.100. The fourth-order valence-electron chi connectivity index (χ4n) is 3.18. The number of halogens is 4. The van der Waals surface area contributed by atoms with Crippen LogP contribution in [0.2, 0.25) is 5.15 Å². The van der Waals surface area contributed by atoms with Crippen LogP contribution in [0.15, 0.2) is 42.7 Å². The van der Waals surface area contributed by atoms with Crippen molar-refractivity contribution < 1.29 is 22.6 Å². The quantitative estimate of drug-likeness (QED) is 0.429. The third kappa shape index (κ3) is 3.15. The predicted molar refractivity (Wildman–Crippen MR) is 102 cm³/mol. The van der Waals surface area contributed by atoms with Crippen LogP contribution in [0.4, 0.5) is 13.2 Å². The van der Waals surface area contributed by atoms with E-state index in [-0.39, 0.29) is 16.5 Å². The van der Waals surface area contributed by atoms with Crippen molar-refractivity contribution in [3.63, 3.8) is 0 Å². The van der Waals surface area contributed by atoms with E-state index in [2.05, 4.69) is 9.97 Å². The van der Waals surface area contributed by atoms with Gasteiger partial charge in [-0.1, -0.05) is 11.6 Å². The Morgan fingerprint density at radius 2 is 1.62 bits per heavy atom. The molecule has 0 saturated heterocycles. The molecule has 0 fully saturated rings. The van der Waals surface area contributed by atoms with Crippen molar-refractivity contribution in [2.45, 2.75) is 0 Å². The lowest BCUT2D eigenvalue weighted by Crippen LogP contribution is -2.03. The summed E-state index contributed by atoms with van der Waals surface area (Å²) < 4.78 is 54.8. The Kier molecular flexibility index (Phi) is 4.79. The van der Waals surface area contributed by atoms with Gasteiger partial charge in [0.2, 0.25) is 5.78 Å². The summed E-state index contributed by atoms with van der Waals surface area (Å²) in [7, 11) is 2.96. The third-order valence-corrected chi connectivity index (χ3v) is 4.69. The van der Waals surface area contributed by atoms with Crippen molar-refractivity contribution in [3.8, 4) is 33.9 Å². The lowest BCUT2D eigenvalue weighted by molar-refractivity contribution is 0.355. The van der Waals surface area contributed by atoms with Gasteiger partial charge in [0.25, 0.3) is 0 Å². The molecule has 0 amide bonds. The van der Waals surface area contributed by atoms with E-state index in [9.17, 15) is 13.2 Å². The smallest absolute Gasteiger partial charge is 0.235 e. The lowest BCUT2D eigenvalue weighted by atomic mass is 9.99. The largest absolute Gasteiger partial charge is 0.493 e. The van der Waals surface area contributed by atoms with E-state index in [1.54, 1.807) is 24.4 Å². The van der Waals surface area contributed by atoms with Crippen molar-refractivity contribution in [1.29, 1.82) is 0 Å². The standard InChI is InChI=1S/C20H13ClF3N3O2/c1-28-14-4-3-10(7-15(14)29-2)18-17(16-12(23)8-11(22)9-13(16)24)19(21)26-20-25-5-6-27(18)20/h3-9H,1-2H3. The molecule has 9 heteroatoms. The van der Waals surface area contributed by atoms with E-state index in [4.69, 9.17) is 21.1 Å². The van der Waals surface area contributed by atoms with Crippen LogP contribution in [-0.4, -0.2) is 28.6 Å². The van der Waals surface area contributed by atoms with Gasteiger partial charge in [-0.25, -0.2) is 18.2 Å². The molecule has 29 heavy (non-hydrogen) atoms. The van der Waals surface area contributed by atoms with E-state index >= 15 is 0 Å². The number of aromatic nitrogens is 3.